The van der Waals surface area contributed by atoms with E-state index in [1.807, 2.05) is 37.9 Å². The van der Waals surface area contributed by atoms with Gasteiger partial charge < -0.3 is 4.57 Å². The lowest BCUT2D eigenvalue weighted by Gasteiger charge is -2.17. The zero-order valence-corrected chi connectivity index (χ0v) is 10.7. The van der Waals surface area contributed by atoms with Crippen molar-refractivity contribution in [1.82, 2.24) is 5.09 Å². The van der Waals surface area contributed by atoms with Crippen molar-refractivity contribution >= 4 is 12.6 Å². The zero-order valence-electron chi connectivity index (χ0n) is 9.79. The van der Waals surface area contributed by atoms with Crippen LogP contribution in [-0.2, 0) is 4.57 Å². The lowest BCUT2D eigenvalue weighted by molar-refractivity contribution is 0.573. The molecule has 1 atom stereocenters. The van der Waals surface area contributed by atoms with Gasteiger partial charge in [-0.05, 0) is 25.0 Å². The summed E-state index contributed by atoms with van der Waals surface area (Å²) < 4.78 is 12.4. The van der Waals surface area contributed by atoms with Crippen molar-refractivity contribution in [2.45, 2.75) is 26.7 Å². The van der Waals surface area contributed by atoms with Crippen LogP contribution in [-0.4, -0.2) is 13.2 Å². The van der Waals surface area contributed by atoms with Crippen LogP contribution in [0.15, 0.2) is 24.3 Å². The molecule has 0 radical (unpaired) electrons. The summed E-state index contributed by atoms with van der Waals surface area (Å²) in [5, 5.41) is 4.13. The van der Waals surface area contributed by atoms with Gasteiger partial charge in [-0.3, -0.25) is 5.09 Å². The third-order valence-electron chi connectivity index (χ3n) is 2.52. The van der Waals surface area contributed by atoms with E-state index in [4.69, 9.17) is 0 Å². The SMILES string of the molecule is CCCCNP(C)(=O)c1ccccc1C. The number of hydrogen-bond donors (Lipinski definition) is 1. The summed E-state index contributed by atoms with van der Waals surface area (Å²) in [5.41, 5.74) is 1.10. The highest BCUT2D eigenvalue weighted by Crippen LogP contribution is 2.35. The Bertz CT molecular complexity index is 362. The number of benzene rings is 1. The second-order valence-electron chi connectivity index (χ2n) is 3.97. The van der Waals surface area contributed by atoms with E-state index in [0.717, 1.165) is 30.3 Å². The van der Waals surface area contributed by atoms with Crippen LogP contribution in [0, 0.1) is 6.92 Å². The van der Waals surface area contributed by atoms with Gasteiger partial charge in [0.2, 0.25) is 0 Å². The van der Waals surface area contributed by atoms with Gasteiger partial charge in [-0.15, -0.1) is 0 Å². The van der Waals surface area contributed by atoms with Crippen LogP contribution in [0.1, 0.15) is 25.3 Å². The molecule has 1 rings (SSSR count). The van der Waals surface area contributed by atoms with Crippen LogP contribution in [0.5, 0.6) is 0 Å². The molecular weight excluding hydrogens is 205 g/mol. The standard InChI is InChI=1S/C12H20NOP/c1-4-5-10-13-15(3,14)12-9-7-6-8-11(12)2/h6-9H,4-5,10H2,1-3H3,(H,13,14). The molecule has 0 saturated heterocycles. The number of aryl methyl sites for hydroxylation is 1. The van der Waals surface area contributed by atoms with E-state index in [9.17, 15) is 4.57 Å². The van der Waals surface area contributed by atoms with Crippen LogP contribution >= 0.6 is 7.29 Å². The van der Waals surface area contributed by atoms with Crippen molar-refractivity contribution in [1.29, 1.82) is 0 Å². The number of rotatable bonds is 5. The first kappa shape index (κ1) is 12.5. The minimum atomic E-state index is -2.36. The van der Waals surface area contributed by atoms with Gasteiger partial charge in [0.05, 0.1) is 0 Å². The van der Waals surface area contributed by atoms with Gasteiger partial charge in [-0.1, -0.05) is 31.5 Å². The maximum atomic E-state index is 12.4. The smallest absolute Gasteiger partial charge is 0.173 e. The molecule has 0 aromatic heterocycles. The molecule has 1 aromatic rings. The predicted molar refractivity (Wildman–Crippen MR) is 67.3 cm³/mol. The van der Waals surface area contributed by atoms with E-state index < -0.39 is 7.29 Å². The predicted octanol–water partition coefficient (Wildman–Crippen LogP) is 2.92. The normalized spacial score (nSPS) is 14.9. The Labute approximate surface area is 92.5 Å². The summed E-state index contributed by atoms with van der Waals surface area (Å²) in [6, 6.07) is 7.88. The molecule has 0 aliphatic rings. The highest BCUT2D eigenvalue weighted by atomic mass is 31.2. The lowest BCUT2D eigenvalue weighted by atomic mass is 10.2. The average Bonchev–Trinajstić information content (AvgIpc) is 2.18. The average molecular weight is 225 g/mol. The summed E-state index contributed by atoms with van der Waals surface area (Å²) in [7, 11) is -2.36. The molecule has 2 nitrogen and oxygen atoms in total. The van der Waals surface area contributed by atoms with Crippen molar-refractivity contribution in [2.75, 3.05) is 13.2 Å². The first-order chi connectivity index (χ1) is 7.08. The van der Waals surface area contributed by atoms with Crippen molar-refractivity contribution in [3.05, 3.63) is 29.8 Å². The summed E-state index contributed by atoms with van der Waals surface area (Å²) in [6.07, 6.45) is 2.20. The fourth-order valence-corrected chi connectivity index (χ4v) is 3.47. The second-order valence-corrected chi connectivity index (χ2v) is 6.62. The topological polar surface area (TPSA) is 29.1 Å². The second kappa shape index (κ2) is 5.48. The van der Waals surface area contributed by atoms with Crippen LogP contribution in [0.2, 0.25) is 0 Å². The Morgan fingerprint density at radius 1 is 1.33 bits per heavy atom. The zero-order chi connectivity index (χ0) is 11.3. The first-order valence-electron chi connectivity index (χ1n) is 5.47. The summed E-state index contributed by atoms with van der Waals surface area (Å²) in [4.78, 5) is 0. The largest absolute Gasteiger partial charge is 0.302 e. The van der Waals surface area contributed by atoms with Crippen molar-refractivity contribution in [3.8, 4) is 0 Å². The Morgan fingerprint density at radius 3 is 2.60 bits per heavy atom. The van der Waals surface area contributed by atoms with Crippen LogP contribution in [0.3, 0.4) is 0 Å². The minimum absolute atomic E-state index is 0.832. The highest BCUT2D eigenvalue weighted by molar-refractivity contribution is 7.69. The molecule has 0 saturated carbocycles. The molecule has 1 unspecified atom stereocenters. The molecule has 0 bridgehead atoms. The maximum absolute atomic E-state index is 12.4. The Hall–Kier alpha value is -0.590. The van der Waals surface area contributed by atoms with Gasteiger partial charge >= 0.3 is 0 Å². The van der Waals surface area contributed by atoms with E-state index in [-0.39, 0.29) is 0 Å². The van der Waals surface area contributed by atoms with Crippen molar-refractivity contribution in [3.63, 3.8) is 0 Å². The van der Waals surface area contributed by atoms with E-state index in [0.29, 0.717) is 0 Å². The molecule has 0 amide bonds. The molecule has 0 heterocycles. The summed E-state index contributed by atoms with van der Waals surface area (Å²) in [5.74, 6) is 0. The fourth-order valence-electron chi connectivity index (χ4n) is 1.60. The van der Waals surface area contributed by atoms with Gasteiger partial charge in [-0.2, -0.15) is 0 Å². The quantitative estimate of drug-likeness (QED) is 0.616. The third kappa shape index (κ3) is 3.48. The molecule has 0 aliphatic heterocycles. The van der Waals surface area contributed by atoms with Gasteiger partial charge in [0.1, 0.15) is 0 Å². The van der Waals surface area contributed by atoms with Gasteiger partial charge in [0.15, 0.2) is 7.29 Å². The number of hydrogen-bond acceptors (Lipinski definition) is 1. The van der Waals surface area contributed by atoms with Crippen LogP contribution < -0.4 is 10.4 Å². The number of unbranched alkanes of at least 4 members (excludes halogenated alkanes) is 1. The maximum Gasteiger partial charge on any atom is 0.173 e. The molecule has 3 heteroatoms. The Morgan fingerprint density at radius 2 is 2.00 bits per heavy atom. The monoisotopic (exact) mass is 225 g/mol. The molecule has 15 heavy (non-hydrogen) atoms. The first-order valence-corrected chi connectivity index (χ1v) is 7.62. The highest BCUT2D eigenvalue weighted by Gasteiger charge is 2.18. The molecule has 1 aromatic carbocycles. The lowest BCUT2D eigenvalue weighted by Crippen LogP contribution is -2.21. The fraction of sp³-hybridized carbons (Fsp3) is 0.500. The van der Waals surface area contributed by atoms with Gasteiger partial charge in [0, 0.05) is 18.5 Å². The van der Waals surface area contributed by atoms with Crippen molar-refractivity contribution in [2.24, 2.45) is 0 Å². The van der Waals surface area contributed by atoms with E-state index in [2.05, 4.69) is 12.0 Å². The van der Waals surface area contributed by atoms with Crippen LogP contribution in [0.25, 0.3) is 0 Å². The molecule has 0 fully saturated rings. The molecule has 0 spiro atoms. The molecule has 84 valence electrons. The summed E-state index contributed by atoms with van der Waals surface area (Å²) in [6.45, 7) is 6.78. The van der Waals surface area contributed by atoms with Crippen LogP contribution in [0.4, 0.5) is 0 Å². The molecular formula is C12H20NOP. The molecule has 1 N–H and O–H groups in total. The molecule has 0 aliphatic carbocycles. The van der Waals surface area contributed by atoms with Crippen molar-refractivity contribution < 1.29 is 4.57 Å². The van der Waals surface area contributed by atoms with E-state index >= 15 is 0 Å². The summed E-state index contributed by atoms with van der Waals surface area (Å²) >= 11 is 0. The van der Waals surface area contributed by atoms with Gasteiger partial charge in [-0.25, -0.2) is 0 Å². The minimum Gasteiger partial charge on any atom is -0.302 e. The van der Waals surface area contributed by atoms with E-state index in [1.165, 1.54) is 0 Å². The van der Waals surface area contributed by atoms with E-state index in [1.54, 1.807) is 0 Å². The van der Waals surface area contributed by atoms with Gasteiger partial charge in [0.25, 0.3) is 0 Å². The Balaban J connectivity index is 2.77. The third-order valence-corrected chi connectivity index (χ3v) is 4.77. The number of nitrogens with one attached hydrogen (secondary N) is 1. The Kier molecular flexibility index (Phi) is 4.56.